The summed E-state index contributed by atoms with van der Waals surface area (Å²) in [5.41, 5.74) is 13.4. The lowest BCUT2D eigenvalue weighted by Gasteiger charge is -2.10. The molecule has 0 atom stereocenters. The summed E-state index contributed by atoms with van der Waals surface area (Å²) < 4.78 is 7.10. The number of thiophene rings is 1. The summed E-state index contributed by atoms with van der Waals surface area (Å²) in [7, 11) is 0. The predicted octanol–water partition coefficient (Wildman–Crippen LogP) is 15.2. The molecule has 0 saturated heterocycles. The first kappa shape index (κ1) is 34.0. The van der Waals surface area contributed by atoms with Crippen molar-refractivity contribution in [1.82, 2.24) is 19.1 Å². The van der Waals surface area contributed by atoms with Crippen LogP contribution in [-0.2, 0) is 0 Å². The van der Waals surface area contributed by atoms with Gasteiger partial charge in [0, 0.05) is 54.1 Å². The molecule has 0 spiro atoms. The molecule has 0 N–H and O–H groups in total. The van der Waals surface area contributed by atoms with Crippen LogP contribution in [0, 0.1) is 0 Å². The maximum absolute atomic E-state index is 5.30. The number of aromatic nitrogens is 4. The first-order valence-electron chi connectivity index (χ1n) is 20.7. The fourth-order valence-corrected chi connectivity index (χ4v) is 10.7. The van der Waals surface area contributed by atoms with E-state index in [2.05, 4.69) is 209 Å². The second-order valence-corrected chi connectivity index (χ2v) is 16.8. The average molecular weight is 795 g/mol. The van der Waals surface area contributed by atoms with E-state index >= 15 is 0 Å². The Morgan fingerprint density at radius 1 is 0.361 bits per heavy atom. The van der Waals surface area contributed by atoms with E-state index in [1.165, 1.54) is 70.2 Å². The van der Waals surface area contributed by atoms with Crippen LogP contribution in [0.4, 0.5) is 0 Å². The van der Waals surface area contributed by atoms with Crippen molar-refractivity contribution >= 4 is 86.0 Å². The van der Waals surface area contributed by atoms with Crippen LogP contribution < -0.4 is 0 Å². The van der Waals surface area contributed by atoms with Crippen molar-refractivity contribution in [2.75, 3.05) is 0 Å². The summed E-state index contributed by atoms with van der Waals surface area (Å²) >= 11 is 1.77. The lowest BCUT2D eigenvalue weighted by atomic mass is 9.99. The molecular formula is C56H34N4S. The van der Waals surface area contributed by atoms with E-state index in [1.54, 1.807) is 11.3 Å². The summed E-state index contributed by atoms with van der Waals surface area (Å²) in [6.45, 7) is 0. The quantitative estimate of drug-likeness (QED) is 0.174. The highest BCUT2D eigenvalue weighted by Gasteiger charge is 2.21. The SMILES string of the molecule is c1ccc(-c2nc(-c3ccccc3)c3sc4ccc(-n5c6ccc(-c7ccc8c(c7)c7ccccc7n8-c7ccccc7)cc6c6c7ccccc7ccc65)cc4c3n2)cc1. The third-order valence-corrected chi connectivity index (χ3v) is 13.5. The van der Waals surface area contributed by atoms with Crippen molar-refractivity contribution in [2.24, 2.45) is 0 Å². The molecular weight excluding hydrogens is 761 g/mol. The van der Waals surface area contributed by atoms with Crippen molar-refractivity contribution in [1.29, 1.82) is 0 Å². The lowest BCUT2D eigenvalue weighted by molar-refractivity contribution is 1.18. The smallest absolute Gasteiger partial charge is 0.160 e. The van der Waals surface area contributed by atoms with Gasteiger partial charge in [0.05, 0.1) is 38.0 Å². The van der Waals surface area contributed by atoms with Crippen LogP contribution in [0.3, 0.4) is 0 Å². The molecule has 9 aromatic carbocycles. The van der Waals surface area contributed by atoms with Crippen molar-refractivity contribution < 1.29 is 0 Å². The first-order valence-corrected chi connectivity index (χ1v) is 21.5. The minimum Gasteiger partial charge on any atom is -0.309 e. The summed E-state index contributed by atoms with van der Waals surface area (Å²) in [4.78, 5) is 10.5. The molecule has 0 amide bonds. The number of rotatable bonds is 5. The molecule has 4 heterocycles. The zero-order chi connectivity index (χ0) is 40.0. The number of hydrogen-bond acceptors (Lipinski definition) is 3. The molecule has 4 nitrogen and oxygen atoms in total. The molecule has 0 aliphatic heterocycles. The molecule has 0 aliphatic rings. The summed E-state index contributed by atoms with van der Waals surface area (Å²) in [5.74, 6) is 0.732. The normalized spacial score (nSPS) is 11.9. The highest BCUT2D eigenvalue weighted by atomic mass is 32.1. The predicted molar refractivity (Wildman–Crippen MR) is 257 cm³/mol. The van der Waals surface area contributed by atoms with E-state index in [9.17, 15) is 0 Å². The standard InChI is InChI=1S/C56H34N4S/c1-4-15-36(16-5-1)53-55-54(58-56(57-53)37-17-6-2-7-18-37)46-34-41(27-31-51(46)61-55)60-49-29-26-39(33-45(49)52-42-21-11-10-14-35(42)24-30-50(52)60)38-25-28-48-44(32-38)43-22-12-13-23-47(43)59(48)40-19-8-3-9-20-40/h1-34H. The van der Waals surface area contributed by atoms with E-state index in [0.717, 1.165) is 49.6 Å². The molecule has 0 saturated carbocycles. The Labute approximate surface area is 354 Å². The second-order valence-electron chi connectivity index (χ2n) is 15.8. The Morgan fingerprint density at radius 3 is 1.75 bits per heavy atom. The molecule has 0 unspecified atom stereocenters. The Bertz CT molecular complexity index is 3860. The third kappa shape index (κ3) is 5.24. The van der Waals surface area contributed by atoms with Crippen LogP contribution in [0.1, 0.15) is 0 Å². The van der Waals surface area contributed by atoms with Crippen molar-refractivity contribution in [3.05, 3.63) is 206 Å². The van der Waals surface area contributed by atoms with Gasteiger partial charge in [-0.2, -0.15) is 0 Å². The molecule has 0 bridgehead atoms. The van der Waals surface area contributed by atoms with Crippen LogP contribution in [0.2, 0.25) is 0 Å². The van der Waals surface area contributed by atoms with Gasteiger partial charge in [0.2, 0.25) is 0 Å². The molecule has 0 aliphatic carbocycles. The molecule has 5 heteroatoms. The maximum Gasteiger partial charge on any atom is 0.160 e. The third-order valence-electron chi connectivity index (χ3n) is 12.3. The molecule has 284 valence electrons. The topological polar surface area (TPSA) is 35.6 Å². The van der Waals surface area contributed by atoms with Crippen molar-refractivity contribution in [3.8, 4) is 45.1 Å². The largest absolute Gasteiger partial charge is 0.309 e. The molecule has 13 aromatic rings. The number of para-hydroxylation sites is 2. The van der Waals surface area contributed by atoms with Gasteiger partial charge in [-0.1, -0.05) is 140 Å². The molecule has 61 heavy (non-hydrogen) atoms. The molecule has 13 rings (SSSR count). The Balaban J connectivity index is 1.04. The van der Waals surface area contributed by atoms with E-state index in [0.29, 0.717) is 0 Å². The van der Waals surface area contributed by atoms with E-state index < -0.39 is 0 Å². The summed E-state index contributed by atoms with van der Waals surface area (Å²) in [6.07, 6.45) is 0. The van der Waals surface area contributed by atoms with E-state index in [-0.39, 0.29) is 0 Å². The highest BCUT2D eigenvalue weighted by molar-refractivity contribution is 7.26. The average Bonchev–Trinajstić information content (AvgIpc) is 3.99. The van der Waals surface area contributed by atoms with Crippen molar-refractivity contribution in [3.63, 3.8) is 0 Å². The van der Waals surface area contributed by atoms with Crippen molar-refractivity contribution in [2.45, 2.75) is 0 Å². The van der Waals surface area contributed by atoms with Crippen LogP contribution in [0.5, 0.6) is 0 Å². The van der Waals surface area contributed by atoms with Crippen LogP contribution >= 0.6 is 11.3 Å². The Kier molecular flexibility index (Phi) is 7.44. The number of hydrogen-bond donors (Lipinski definition) is 0. The molecule has 0 radical (unpaired) electrons. The fraction of sp³-hybridized carbons (Fsp3) is 0. The maximum atomic E-state index is 5.30. The second kappa shape index (κ2) is 13.3. The molecule has 0 fully saturated rings. The summed E-state index contributed by atoms with van der Waals surface area (Å²) in [6, 6.07) is 74.4. The van der Waals surface area contributed by atoms with Crippen LogP contribution in [0.15, 0.2) is 206 Å². The van der Waals surface area contributed by atoms with Gasteiger partial charge >= 0.3 is 0 Å². The number of benzene rings is 9. The monoisotopic (exact) mass is 794 g/mol. The van der Waals surface area contributed by atoms with Gasteiger partial charge in [-0.05, 0) is 88.6 Å². The van der Waals surface area contributed by atoms with Gasteiger partial charge < -0.3 is 9.13 Å². The Morgan fingerprint density at radius 2 is 0.967 bits per heavy atom. The molecule has 4 aromatic heterocycles. The van der Waals surface area contributed by atoms with Gasteiger partial charge in [0.15, 0.2) is 5.82 Å². The number of nitrogens with zero attached hydrogens (tertiary/aromatic N) is 4. The highest BCUT2D eigenvalue weighted by Crippen LogP contribution is 2.44. The van der Waals surface area contributed by atoms with Gasteiger partial charge in [-0.3, -0.25) is 0 Å². The number of fused-ring (bicyclic) bond motifs is 11. The zero-order valence-electron chi connectivity index (χ0n) is 32.8. The van der Waals surface area contributed by atoms with E-state index in [4.69, 9.17) is 9.97 Å². The fourth-order valence-electron chi connectivity index (χ4n) is 9.53. The van der Waals surface area contributed by atoms with Crippen LogP contribution in [0.25, 0.3) is 120 Å². The van der Waals surface area contributed by atoms with Gasteiger partial charge in [-0.15, -0.1) is 11.3 Å². The van der Waals surface area contributed by atoms with Crippen LogP contribution in [-0.4, -0.2) is 19.1 Å². The Hall–Kier alpha value is -7.86. The lowest BCUT2D eigenvalue weighted by Crippen LogP contribution is -1.95. The van der Waals surface area contributed by atoms with Gasteiger partial charge in [0.1, 0.15) is 0 Å². The van der Waals surface area contributed by atoms with Gasteiger partial charge in [0.25, 0.3) is 0 Å². The van der Waals surface area contributed by atoms with E-state index in [1.807, 2.05) is 6.07 Å². The minimum absolute atomic E-state index is 0.732. The summed E-state index contributed by atoms with van der Waals surface area (Å²) in [5, 5.41) is 8.59. The van der Waals surface area contributed by atoms with Gasteiger partial charge in [-0.25, -0.2) is 9.97 Å². The first-order chi connectivity index (χ1) is 30.2. The minimum atomic E-state index is 0.732. The zero-order valence-corrected chi connectivity index (χ0v) is 33.6.